The van der Waals surface area contributed by atoms with Crippen molar-refractivity contribution in [1.82, 2.24) is 15.4 Å². The van der Waals surface area contributed by atoms with Crippen LogP contribution in [0.15, 0.2) is 21.8 Å². The Balaban J connectivity index is 0.00000161. The molecule has 0 aliphatic heterocycles. The van der Waals surface area contributed by atoms with Gasteiger partial charge >= 0.3 is 0 Å². The molecule has 1 heterocycles. The van der Waals surface area contributed by atoms with E-state index in [9.17, 15) is 0 Å². The van der Waals surface area contributed by atoms with Crippen LogP contribution >= 0.6 is 24.0 Å². The van der Waals surface area contributed by atoms with Crippen LogP contribution in [-0.4, -0.2) is 36.7 Å². The Kier molecular flexibility index (Phi) is 5.51. The number of hydrogen-bond acceptors (Lipinski definition) is 3. The average Bonchev–Trinajstić information content (AvgIpc) is 3.11. The van der Waals surface area contributed by atoms with Gasteiger partial charge in [0.15, 0.2) is 5.96 Å². The molecule has 0 bridgehead atoms. The van der Waals surface area contributed by atoms with Gasteiger partial charge in [0.25, 0.3) is 0 Å². The summed E-state index contributed by atoms with van der Waals surface area (Å²) < 4.78 is 4.87. The molecule has 0 saturated heterocycles. The number of aromatic nitrogens is 1. The van der Waals surface area contributed by atoms with Gasteiger partial charge in [0.2, 0.25) is 0 Å². The molecule has 1 N–H and O–H groups in total. The normalized spacial score (nSPS) is 20.4. The van der Waals surface area contributed by atoms with Gasteiger partial charge in [-0.1, -0.05) is 11.6 Å². The van der Waals surface area contributed by atoms with Gasteiger partial charge in [-0.15, -0.1) is 24.0 Å². The molecule has 2 fully saturated rings. The fourth-order valence-electron chi connectivity index (χ4n) is 3.33. The van der Waals surface area contributed by atoms with Crippen molar-refractivity contribution in [3.63, 3.8) is 0 Å². The highest BCUT2D eigenvalue weighted by Crippen LogP contribution is 2.56. The molecule has 6 heteroatoms. The Labute approximate surface area is 143 Å². The number of guanidine groups is 1. The van der Waals surface area contributed by atoms with E-state index in [0.29, 0.717) is 12.0 Å². The van der Waals surface area contributed by atoms with Crippen LogP contribution in [0.4, 0.5) is 0 Å². The van der Waals surface area contributed by atoms with E-state index in [4.69, 9.17) is 4.52 Å². The summed E-state index contributed by atoms with van der Waals surface area (Å²) in [6.45, 7) is 1.78. The van der Waals surface area contributed by atoms with Crippen molar-refractivity contribution in [3.8, 4) is 0 Å². The van der Waals surface area contributed by atoms with Crippen LogP contribution in [0.2, 0.25) is 0 Å². The second kappa shape index (κ2) is 6.98. The van der Waals surface area contributed by atoms with Gasteiger partial charge in [-0.3, -0.25) is 4.99 Å². The van der Waals surface area contributed by atoms with E-state index in [1.807, 2.05) is 20.2 Å². The number of rotatable bonds is 5. The second-order valence-corrected chi connectivity index (χ2v) is 6.24. The molecule has 3 rings (SSSR count). The van der Waals surface area contributed by atoms with Crippen LogP contribution in [0.1, 0.15) is 37.8 Å². The number of nitrogens with zero attached hydrogens (tertiary/aromatic N) is 3. The summed E-state index contributed by atoms with van der Waals surface area (Å²) in [7, 11) is 3.88. The molecule has 118 valence electrons. The van der Waals surface area contributed by atoms with Crippen molar-refractivity contribution in [3.05, 3.63) is 18.0 Å². The number of halogens is 1. The highest BCUT2D eigenvalue weighted by molar-refractivity contribution is 14.0. The third-order valence-corrected chi connectivity index (χ3v) is 4.86. The fraction of sp³-hybridized carbons (Fsp3) is 0.733. The quantitative estimate of drug-likeness (QED) is 0.466. The van der Waals surface area contributed by atoms with Gasteiger partial charge in [0.05, 0.1) is 6.54 Å². The first kappa shape index (κ1) is 16.6. The maximum atomic E-state index is 4.87. The topological polar surface area (TPSA) is 53.7 Å². The molecule has 1 aromatic rings. The SMILES string of the molecule is CN=C(NCC1(C2CC2)CCC1)N(C)Cc1ccon1.I. The highest BCUT2D eigenvalue weighted by Gasteiger charge is 2.48. The zero-order chi connectivity index (χ0) is 14.0. The molecule has 0 unspecified atom stereocenters. The molecule has 5 nitrogen and oxygen atoms in total. The van der Waals surface area contributed by atoms with Crippen LogP contribution in [0.5, 0.6) is 0 Å². The molecule has 0 aromatic carbocycles. The number of nitrogens with one attached hydrogen (secondary N) is 1. The molecule has 0 amide bonds. The van der Waals surface area contributed by atoms with Gasteiger partial charge in [-0.05, 0) is 37.0 Å². The van der Waals surface area contributed by atoms with Crippen molar-refractivity contribution in [2.24, 2.45) is 16.3 Å². The van der Waals surface area contributed by atoms with Crippen LogP contribution < -0.4 is 5.32 Å². The van der Waals surface area contributed by atoms with Gasteiger partial charge in [-0.25, -0.2) is 0 Å². The lowest BCUT2D eigenvalue weighted by Gasteiger charge is -2.43. The smallest absolute Gasteiger partial charge is 0.193 e. The summed E-state index contributed by atoms with van der Waals surface area (Å²) in [5, 5.41) is 7.51. The standard InChI is InChI=1S/C15H24N4O.HI/c1-16-14(19(2)10-13-6-9-20-18-13)17-11-15(7-3-8-15)12-4-5-12;/h6,9,12H,3-5,7-8,10-11H2,1-2H3,(H,16,17);1H. The molecule has 1 aromatic heterocycles. The third kappa shape index (κ3) is 3.70. The Hall–Kier alpha value is -0.790. The minimum Gasteiger partial charge on any atom is -0.364 e. The maximum Gasteiger partial charge on any atom is 0.193 e. The molecular formula is C15H25IN4O. The Morgan fingerprint density at radius 2 is 2.29 bits per heavy atom. The fourth-order valence-corrected chi connectivity index (χ4v) is 3.33. The molecule has 0 atom stereocenters. The van der Waals surface area contributed by atoms with Crippen LogP contribution in [0, 0.1) is 11.3 Å². The largest absolute Gasteiger partial charge is 0.364 e. The summed E-state index contributed by atoms with van der Waals surface area (Å²) >= 11 is 0. The highest BCUT2D eigenvalue weighted by atomic mass is 127. The molecule has 2 aliphatic carbocycles. The molecule has 2 aliphatic rings. The lowest BCUT2D eigenvalue weighted by molar-refractivity contribution is 0.105. The maximum absolute atomic E-state index is 4.87. The zero-order valence-electron chi connectivity index (χ0n) is 12.8. The molecular weight excluding hydrogens is 379 g/mol. The van der Waals surface area contributed by atoms with Gasteiger partial charge < -0.3 is 14.7 Å². The number of aliphatic imine (C=N–C) groups is 1. The summed E-state index contributed by atoms with van der Waals surface area (Å²) in [6, 6.07) is 1.89. The molecule has 0 radical (unpaired) electrons. The summed E-state index contributed by atoms with van der Waals surface area (Å²) in [6.07, 6.45) is 8.62. The second-order valence-electron chi connectivity index (χ2n) is 6.24. The van der Waals surface area contributed by atoms with Crippen molar-refractivity contribution in [2.45, 2.75) is 38.6 Å². The van der Waals surface area contributed by atoms with Crippen molar-refractivity contribution < 1.29 is 4.52 Å². The number of hydrogen-bond donors (Lipinski definition) is 1. The predicted molar refractivity (Wildman–Crippen MR) is 93.8 cm³/mol. The van der Waals surface area contributed by atoms with Crippen LogP contribution in [0.3, 0.4) is 0 Å². The van der Waals surface area contributed by atoms with E-state index < -0.39 is 0 Å². The molecule has 0 spiro atoms. The van der Waals surface area contributed by atoms with Gasteiger partial charge in [-0.2, -0.15) is 0 Å². The van der Waals surface area contributed by atoms with E-state index >= 15 is 0 Å². The van der Waals surface area contributed by atoms with Crippen molar-refractivity contribution in [1.29, 1.82) is 0 Å². The Morgan fingerprint density at radius 1 is 1.52 bits per heavy atom. The predicted octanol–water partition coefficient (Wildman–Crippen LogP) is 2.88. The van der Waals surface area contributed by atoms with E-state index in [1.54, 1.807) is 6.26 Å². The van der Waals surface area contributed by atoms with Gasteiger partial charge in [0.1, 0.15) is 12.0 Å². The summed E-state index contributed by atoms with van der Waals surface area (Å²) in [5.41, 5.74) is 1.49. The van der Waals surface area contributed by atoms with E-state index in [0.717, 1.165) is 24.1 Å². The van der Waals surface area contributed by atoms with Crippen molar-refractivity contribution >= 4 is 29.9 Å². The monoisotopic (exact) mass is 404 g/mol. The molecule has 21 heavy (non-hydrogen) atoms. The van der Waals surface area contributed by atoms with E-state index in [1.165, 1.54) is 32.1 Å². The average molecular weight is 404 g/mol. The van der Waals surface area contributed by atoms with E-state index in [2.05, 4.69) is 20.4 Å². The summed E-state index contributed by atoms with van der Waals surface area (Å²) in [4.78, 5) is 6.48. The lowest BCUT2D eigenvalue weighted by Crippen LogP contribution is -2.47. The first-order valence-corrected chi connectivity index (χ1v) is 7.54. The molecule has 2 saturated carbocycles. The Morgan fingerprint density at radius 3 is 2.76 bits per heavy atom. The van der Waals surface area contributed by atoms with Crippen LogP contribution in [-0.2, 0) is 6.54 Å². The summed E-state index contributed by atoms with van der Waals surface area (Å²) in [5.74, 6) is 1.91. The first-order valence-electron chi connectivity index (χ1n) is 7.54. The minimum absolute atomic E-state index is 0. The lowest BCUT2D eigenvalue weighted by atomic mass is 9.65. The zero-order valence-corrected chi connectivity index (χ0v) is 15.2. The Bertz CT molecular complexity index is 466. The first-order chi connectivity index (χ1) is 9.73. The minimum atomic E-state index is 0. The van der Waals surface area contributed by atoms with Crippen LogP contribution in [0.25, 0.3) is 0 Å². The van der Waals surface area contributed by atoms with Crippen molar-refractivity contribution in [2.75, 3.05) is 20.6 Å². The van der Waals surface area contributed by atoms with Gasteiger partial charge in [0, 0.05) is 26.7 Å². The van der Waals surface area contributed by atoms with E-state index in [-0.39, 0.29) is 24.0 Å². The third-order valence-electron chi connectivity index (χ3n) is 4.86.